The molecule has 88 valence electrons. The van der Waals surface area contributed by atoms with E-state index < -0.39 is 0 Å². The quantitative estimate of drug-likeness (QED) is 0.836. The average molecular weight is 223 g/mol. The molecule has 1 aliphatic rings. The van der Waals surface area contributed by atoms with Gasteiger partial charge < -0.3 is 10.5 Å². The average Bonchev–Trinajstić information content (AvgIpc) is 2.32. The molecule has 1 saturated carbocycles. The number of methoxy groups -OCH3 is 1. The first-order chi connectivity index (χ1) is 7.66. The molecule has 0 atom stereocenters. The Kier molecular flexibility index (Phi) is 3.26. The van der Waals surface area contributed by atoms with Crippen molar-refractivity contribution in [2.75, 3.05) is 7.11 Å². The molecule has 1 fully saturated rings. The number of benzene rings is 1. The SMILES string of the molecule is CO[C@]1(c2ccc(F)cc2)CC[C@H](N)CC1. The highest BCUT2D eigenvalue weighted by Gasteiger charge is 2.35. The molecule has 0 amide bonds. The molecule has 1 aromatic carbocycles. The standard InChI is InChI=1S/C13H18FNO/c1-16-13(8-6-12(15)7-9-13)10-2-4-11(14)5-3-10/h2-5,12H,6-9,15H2,1H3/t12-,13+. The van der Waals surface area contributed by atoms with E-state index in [-0.39, 0.29) is 17.5 Å². The van der Waals surface area contributed by atoms with Crippen molar-refractivity contribution in [3.63, 3.8) is 0 Å². The zero-order valence-corrected chi connectivity index (χ0v) is 9.58. The van der Waals surface area contributed by atoms with Crippen LogP contribution >= 0.6 is 0 Å². The van der Waals surface area contributed by atoms with Crippen molar-refractivity contribution in [2.24, 2.45) is 5.73 Å². The summed E-state index contributed by atoms with van der Waals surface area (Å²) in [6.45, 7) is 0. The van der Waals surface area contributed by atoms with E-state index in [0.29, 0.717) is 0 Å². The molecular formula is C13H18FNO. The van der Waals surface area contributed by atoms with Gasteiger partial charge >= 0.3 is 0 Å². The maximum Gasteiger partial charge on any atom is 0.123 e. The number of halogens is 1. The number of nitrogens with two attached hydrogens (primary N) is 1. The lowest BCUT2D eigenvalue weighted by Gasteiger charge is -2.38. The van der Waals surface area contributed by atoms with Crippen LogP contribution in [-0.4, -0.2) is 13.2 Å². The molecule has 2 rings (SSSR count). The van der Waals surface area contributed by atoms with Crippen molar-refractivity contribution in [1.29, 1.82) is 0 Å². The third kappa shape index (κ3) is 2.11. The lowest BCUT2D eigenvalue weighted by atomic mass is 9.78. The van der Waals surface area contributed by atoms with E-state index in [1.165, 1.54) is 12.1 Å². The molecule has 3 heteroatoms. The molecule has 16 heavy (non-hydrogen) atoms. The molecule has 0 heterocycles. The van der Waals surface area contributed by atoms with Crippen LogP contribution in [0.15, 0.2) is 24.3 Å². The van der Waals surface area contributed by atoms with Gasteiger partial charge in [0.15, 0.2) is 0 Å². The van der Waals surface area contributed by atoms with Crippen molar-refractivity contribution in [3.05, 3.63) is 35.6 Å². The van der Waals surface area contributed by atoms with Crippen LogP contribution in [0.3, 0.4) is 0 Å². The second kappa shape index (κ2) is 4.52. The Balaban J connectivity index is 2.24. The molecular weight excluding hydrogens is 205 g/mol. The van der Waals surface area contributed by atoms with Crippen LogP contribution in [0.4, 0.5) is 4.39 Å². The number of hydrogen-bond acceptors (Lipinski definition) is 2. The highest BCUT2D eigenvalue weighted by atomic mass is 19.1. The van der Waals surface area contributed by atoms with Crippen LogP contribution in [0.5, 0.6) is 0 Å². The van der Waals surface area contributed by atoms with Gasteiger partial charge in [0.05, 0.1) is 5.60 Å². The van der Waals surface area contributed by atoms with Gasteiger partial charge in [-0.05, 0) is 43.4 Å². The van der Waals surface area contributed by atoms with Crippen LogP contribution in [0, 0.1) is 5.82 Å². The Morgan fingerprint density at radius 2 is 1.81 bits per heavy atom. The number of rotatable bonds is 2. The molecule has 0 spiro atoms. The summed E-state index contributed by atoms with van der Waals surface area (Å²) in [4.78, 5) is 0. The fraction of sp³-hybridized carbons (Fsp3) is 0.538. The van der Waals surface area contributed by atoms with E-state index in [1.807, 2.05) is 12.1 Å². The van der Waals surface area contributed by atoms with Gasteiger partial charge in [-0.1, -0.05) is 12.1 Å². The fourth-order valence-corrected chi connectivity index (χ4v) is 2.47. The maximum atomic E-state index is 12.9. The van der Waals surface area contributed by atoms with E-state index in [0.717, 1.165) is 31.2 Å². The third-order valence-electron chi connectivity index (χ3n) is 3.60. The van der Waals surface area contributed by atoms with E-state index in [4.69, 9.17) is 10.5 Å². The fourth-order valence-electron chi connectivity index (χ4n) is 2.47. The summed E-state index contributed by atoms with van der Waals surface area (Å²) >= 11 is 0. The van der Waals surface area contributed by atoms with Gasteiger partial charge in [0.25, 0.3) is 0 Å². The van der Waals surface area contributed by atoms with Crippen LogP contribution in [0.25, 0.3) is 0 Å². The summed E-state index contributed by atoms with van der Waals surface area (Å²) in [5.74, 6) is -0.206. The summed E-state index contributed by atoms with van der Waals surface area (Å²) in [6, 6.07) is 6.89. The van der Waals surface area contributed by atoms with Crippen molar-refractivity contribution in [3.8, 4) is 0 Å². The normalized spacial score (nSPS) is 30.3. The molecule has 0 aliphatic heterocycles. The zero-order chi connectivity index (χ0) is 11.6. The summed E-state index contributed by atoms with van der Waals surface area (Å²) in [7, 11) is 1.72. The summed E-state index contributed by atoms with van der Waals surface area (Å²) in [5.41, 5.74) is 6.70. The second-order valence-corrected chi connectivity index (χ2v) is 4.54. The molecule has 1 aromatic rings. The van der Waals surface area contributed by atoms with E-state index in [2.05, 4.69) is 0 Å². The van der Waals surface area contributed by atoms with Crippen LogP contribution in [0.2, 0.25) is 0 Å². The van der Waals surface area contributed by atoms with E-state index in [9.17, 15) is 4.39 Å². The van der Waals surface area contributed by atoms with Crippen LogP contribution < -0.4 is 5.73 Å². The molecule has 0 radical (unpaired) electrons. The first-order valence-electron chi connectivity index (χ1n) is 5.73. The van der Waals surface area contributed by atoms with Crippen molar-refractivity contribution >= 4 is 0 Å². The van der Waals surface area contributed by atoms with Gasteiger partial charge in [-0.2, -0.15) is 0 Å². The summed E-state index contributed by atoms with van der Waals surface area (Å²) in [5, 5.41) is 0. The minimum atomic E-state index is -0.260. The Labute approximate surface area is 95.6 Å². The Morgan fingerprint density at radius 3 is 2.31 bits per heavy atom. The number of hydrogen-bond donors (Lipinski definition) is 1. The maximum absolute atomic E-state index is 12.9. The first kappa shape index (κ1) is 11.6. The van der Waals surface area contributed by atoms with Crippen LogP contribution in [0.1, 0.15) is 31.2 Å². The Bertz CT molecular complexity index is 341. The topological polar surface area (TPSA) is 35.2 Å². The summed E-state index contributed by atoms with van der Waals surface area (Å²) < 4.78 is 18.6. The predicted molar refractivity (Wildman–Crippen MR) is 61.5 cm³/mol. The molecule has 1 aliphatic carbocycles. The molecule has 0 bridgehead atoms. The lowest BCUT2D eigenvalue weighted by Crippen LogP contribution is -2.38. The van der Waals surface area contributed by atoms with Crippen molar-refractivity contribution in [1.82, 2.24) is 0 Å². The monoisotopic (exact) mass is 223 g/mol. The Hall–Kier alpha value is -0.930. The lowest BCUT2D eigenvalue weighted by molar-refractivity contribution is -0.0477. The molecule has 2 nitrogen and oxygen atoms in total. The van der Waals surface area contributed by atoms with E-state index in [1.54, 1.807) is 7.11 Å². The van der Waals surface area contributed by atoms with Gasteiger partial charge in [0.2, 0.25) is 0 Å². The minimum Gasteiger partial charge on any atom is -0.374 e. The van der Waals surface area contributed by atoms with Gasteiger partial charge in [-0.15, -0.1) is 0 Å². The van der Waals surface area contributed by atoms with Gasteiger partial charge in [-0.25, -0.2) is 4.39 Å². The molecule has 0 aromatic heterocycles. The molecule has 0 unspecified atom stereocenters. The zero-order valence-electron chi connectivity index (χ0n) is 9.58. The van der Waals surface area contributed by atoms with Gasteiger partial charge in [-0.3, -0.25) is 0 Å². The first-order valence-corrected chi connectivity index (χ1v) is 5.73. The van der Waals surface area contributed by atoms with Gasteiger partial charge in [0, 0.05) is 13.2 Å². The van der Waals surface area contributed by atoms with Crippen molar-refractivity contribution < 1.29 is 9.13 Å². The highest BCUT2D eigenvalue weighted by molar-refractivity contribution is 5.24. The van der Waals surface area contributed by atoms with Crippen LogP contribution in [-0.2, 0) is 10.3 Å². The Morgan fingerprint density at radius 1 is 1.25 bits per heavy atom. The third-order valence-corrected chi connectivity index (χ3v) is 3.60. The second-order valence-electron chi connectivity index (χ2n) is 4.54. The molecule has 2 N–H and O–H groups in total. The predicted octanol–water partition coefficient (Wildman–Crippen LogP) is 2.57. The van der Waals surface area contributed by atoms with Gasteiger partial charge in [0.1, 0.15) is 5.82 Å². The molecule has 0 saturated heterocycles. The largest absolute Gasteiger partial charge is 0.374 e. The smallest absolute Gasteiger partial charge is 0.123 e. The minimum absolute atomic E-state index is 0.206. The van der Waals surface area contributed by atoms with E-state index >= 15 is 0 Å². The van der Waals surface area contributed by atoms with Crippen molar-refractivity contribution in [2.45, 2.75) is 37.3 Å². The highest BCUT2D eigenvalue weighted by Crippen LogP contribution is 2.39. The number of ether oxygens (including phenoxy) is 1. The summed E-state index contributed by atoms with van der Waals surface area (Å²) in [6.07, 6.45) is 3.75.